The maximum atomic E-state index is 6.85. The Morgan fingerprint density at radius 3 is 3.08 bits per heavy atom. The fourth-order valence-corrected chi connectivity index (χ4v) is 1.42. The summed E-state index contributed by atoms with van der Waals surface area (Å²) < 4.78 is 5.29. The van der Waals surface area contributed by atoms with Crippen molar-refractivity contribution in [2.75, 3.05) is 6.61 Å². The van der Waals surface area contributed by atoms with Gasteiger partial charge in [0.1, 0.15) is 0 Å². The number of ether oxygens (including phenoxy) is 1. The summed E-state index contributed by atoms with van der Waals surface area (Å²) in [5.41, 5.74) is 3.21. The maximum Gasteiger partial charge on any atom is 0.187 e. The van der Waals surface area contributed by atoms with Crippen LogP contribution in [-0.2, 0) is 17.8 Å². The van der Waals surface area contributed by atoms with Crippen LogP contribution in [0.2, 0.25) is 0 Å². The van der Waals surface area contributed by atoms with Crippen LogP contribution in [0, 0.1) is 6.57 Å². The van der Waals surface area contributed by atoms with E-state index in [9.17, 15) is 0 Å². The monoisotopic (exact) mass is 159 g/mol. The molecular formula is C10H9NO. The van der Waals surface area contributed by atoms with Crippen LogP contribution in [0.5, 0.6) is 0 Å². The molecule has 0 spiro atoms. The molecule has 1 aliphatic rings. The molecule has 0 saturated carbocycles. The third kappa shape index (κ3) is 1.19. The number of hydrogen-bond acceptors (Lipinski definition) is 1. The molecule has 2 rings (SSSR count). The van der Waals surface area contributed by atoms with E-state index in [-0.39, 0.29) is 0 Å². The molecule has 0 saturated heterocycles. The van der Waals surface area contributed by atoms with E-state index < -0.39 is 0 Å². The highest BCUT2D eigenvalue weighted by Gasteiger charge is 2.08. The van der Waals surface area contributed by atoms with Crippen LogP contribution in [0.4, 0.5) is 5.69 Å². The summed E-state index contributed by atoms with van der Waals surface area (Å²) in [6.45, 7) is 8.32. The van der Waals surface area contributed by atoms with Crippen molar-refractivity contribution >= 4 is 5.69 Å². The van der Waals surface area contributed by atoms with Crippen molar-refractivity contribution < 1.29 is 4.74 Å². The van der Waals surface area contributed by atoms with Crippen LogP contribution < -0.4 is 0 Å². The van der Waals surface area contributed by atoms with Crippen molar-refractivity contribution in [3.05, 3.63) is 40.7 Å². The Hall–Kier alpha value is -1.33. The van der Waals surface area contributed by atoms with E-state index in [1.807, 2.05) is 18.2 Å². The van der Waals surface area contributed by atoms with Gasteiger partial charge in [0.15, 0.2) is 5.69 Å². The summed E-state index contributed by atoms with van der Waals surface area (Å²) in [6, 6.07) is 5.82. The Morgan fingerprint density at radius 1 is 1.33 bits per heavy atom. The van der Waals surface area contributed by atoms with Crippen LogP contribution in [0.1, 0.15) is 11.1 Å². The van der Waals surface area contributed by atoms with Gasteiger partial charge in [-0.3, -0.25) is 0 Å². The second kappa shape index (κ2) is 2.96. The summed E-state index contributed by atoms with van der Waals surface area (Å²) in [5, 5.41) is 0. The molecule has 0 unspecified atom stereocenters. The van der Waals surface area contributed by atoms with Crippen LogP contribution in [-0.4, -0.2) is 6.61 Å². The summed E-state index contributed by atoms with van der Waals surface area (Å²) in [6.07, 6.45) is 0.980. The Kier molecular flexibility index (Phi) is 1.81. The lowest BCUT2D eigenvalue weighted by Gasteiger charge is -2.15. The first-order chi connectivity index (χ1) is 5.90. The Bertz CT molecular complexity index is 338. The smallest absolute Gasteiger partial charge is 0.187 e. The van der Waals surface area contributed by atoms with E-state index in [1.54, 1.807) is 0 Å². The van der Waals surface area contributed by atoms with Gasteiger partial charge in [0.2, 0.25) is 0 Å². The average Bonchev–Trinajstić information content (AvgIpc) is 2.17. The van der Waals surface area contributed by atoms with E-state index >= 15 is 0 Å². The molecule has 0 amide bonds. The molecule has 0 aliphatic carbocycles. The number of nitrogens with zero attached hydrogens (tertiary/aromatic N) is 1. The zero-order valence-electron chi connectivity index (χ0n) is 6.71. The molecule has 2 heteroatoms. The normalized spacial score (nSPS) is 14.9. The highest BCUT2D eigenvalue weighted by Crippen LogP contribution is 2.22. The van der Waals surface area contributed by atoms with Crippen LogP contribution >= 0.6 is 0 Å². The predicted octanol–water partition coefficient (Wildman–Crippen LogP) is 2.31. The van der Waals surface area contributed by atoms with Gasteiger partial charge < -0.3 is 4.74 Å². The first kappa shape index (κ1) is 7.33. The average molecular weight is 159 g/mol. The van der Waals surface area contributed by atoms with Gasteiger partial charge >= 0.3 is 0 Å². The van der Waals surface area contributed by atoms with E-state index in [2.05, 4.69) is 4.85 Å². The van der Waals surface area contributed by atoms with Crippen molar-refractivity contribution in [1.29, 1.82) is 0 Å². The van der Waals surface area contributed by atoms with Crippen molar-refractivity contribution in [2.24, 2.45) is 0 Å². The molecule has 12 heavy (non-hydrogen) atoms. The minimum Gasteiger partial charge on any atom is -0.376 e. The van der Waals surface area contributed by atoms with Gasteiger partial charge in [-0.1, -0.05) is 18.2 Å². The highest BCUT2D eigenvalue weighted by molar-refractivity contribution is 5.49. The van der Waals surface area contributed by atoms with Crippen LogP contribution in [0.15, 0.2) is 18.2 Å². The largest absolute Gasteiger partial charge is 0.376 e. The Labute approximate surface area is 71.6 Å². The Balaban J connectivity index is 2.44. The maximum absolute atomic E-state index is 6.85. The second-order valence-electron chi connectivity index (χ2n) is 2.87. The fourth-order valence-electron chi connectivity index (χ4n) is 1.42. The fraction of sp³-hybridized carbons (Fsp3) is 0.300. The SMILES string of the molecule is [C-]#[N+]c1ccc2c(c1)COCC2. The first-order valence-corrected chi connectivity index (χ1v) is 3.97. The van der Waals surface area contributed by atoms with Crippen molar-refractivity contribution in [3.63, 3.8) is 0 Å². The molecule has 0 atom stereocenters. The quantitative estimate of drug-likeness (QED) is 0.529. The number of rotatable bonds is 0. The van der Waals surface area contributed by atoms with Crippen molar-refractivity contribution in [3.8, 4) is 0 Å². The van der Waals surface area contributed by atoms with Crippen LogP contribution in [0.25, 0.3) is 4.85 Å². The first-order valence-electron chi connectivity index (χ1n) is 3.97. The van der Waals surface area contributed by atoms with Gasteiger partial charge in [0, 0.05) is 0 Å². The van der Waals surface area contributed by atoms with Gasteiger partial charge in [-0.2, -0.15) is 0 Å². The Morgan fingerprint density at radius 2 is 2.25 bits per heavy atom. The van der Waals surface area contributed by atoms with Crippen molar-refractivity contribution in [1.82, 2.24) is 0 Å². The summed E-state index contributed by atoms with van der Waals surface area (Å²) in [7, 11) is 0. The van der Waals surface area contributed by atoms with Gasteiger partial charge in [0.05, 0.1) is 19.8 Å². The lowest BCUT2D eigenvalue weighted by Crippen LogP contribution is -2.08. The van der Waals surface area contributed by atoms with Gasteiger partial charge in [-0.15, -0.1) is 0 Å². The molecule has 2 nitrogen and oxygen atoms in total. The molecule has 1 heterocycles. The molecule has 0 fully saturated rings. The van der Waals surface area contributed by atoms with Crippen molar-refractivity contribution in [2.45, 2.75) is 13.0 Å². The summed E-state index contributed by atoms with van der Waals surface area (Å²) in [5.74, 6) is 0. The molecule has 0 radical (unpaired) electrons. The lowest BCUT2D eigenvalue weighted by atomic mass is 10.0. The third-order valence-corrected chi connectivity index (χ3v) is 2.09. The van der Waals surface area contributed by atoms with E-state index in [0.717, 1.165) is 13.0 Å². The highest BCUT2D eigenvalue weighted by atomic mass is 16.5. The minimum atomic E-state index is 0.665. The molecular weight excluding hydrogens is 150 g/mol. The molecule has 0 aromatic heterocycles. The molecule has 1 aromatic rings. The molecule has 60 valence electrons. The molecule has 1 aromatic carbocycles. The van der Waals surface area contributed by atoms with Gasteiger partial charge in [-0.25, -0.2) is 4.85 Å². The molecule has 1 aliphatic heterocycles. The minimum absolute atomic E-state index is 0.665. The second-order valence-corrected chi connectivity index (χ2v) is 2.87. The number of fused-ring (bicyclic) bond motifs is 1. The zero-order valence-corrected chi connectivity index (χ0v) is 6.71. The predicted molar refractivity (Wildman–Crippen MR) is 46.1 cm³/mol. The third-order valence-electron chi connectivity index (χ3n) is 2.09. The molecule has 0 N–H and O–H groups in total. The summed E-state index contributed by atoms with van der Waals surface area (Å²) in [4.78, 5) is 3.37. The summed E-state index contributed by atoms with van der Waals surface area (Å²) >= 11 is 0. The van der Waals surface area contributed by atoms with E-state index in [1.165, 1.54) is 11.1 Å². The van der Waals surface area contributed by atoms with E-state index in [4.69, 9.17) is 11.3 Å². The zero-order chi connectivity index (χ0) is 8.39. The standard InChI is InChI=1S/C10H9NO/c1-11-10-3-2-8-4-5-12-7-9(8)6-10/h2-3,6H,4-5,7H2. The number of hydrogen-bond donors (Lipinski definition) is 0. The van der Waals surface area contributed by atoms with E-state index in [0.29, 0.717) is 12.3 Å². The van der Waals surface area contributed by atoms with Gasteiger partial charge in [0.25, 0.3) is 0 Å². The van der Waals surface area contributed by atoms with Crippen LogP contribution in [0.3, 0.4) is 0 Å². The topological polar surface area (TPSA) is 13.6 Å². The number of benzene rings is 1. The van der Waals surface area contributed by atoms with Gasteiger partial charge in [-0.05, 0) is 17.5 Å². The molecule has 0 bridgehead atoms. The lowest BCUT2D eigenvalue weighted by molar-refractivity contribution is 0.111.